The molecule has 3 nitrogen and oxygen atoms in total. The lowest BCUT2D eigenvalue weighted by Crippen LogP contribution is -2.06. The third-order valence-corrected chi connectivity index (χ3v) is 3.41. The minimum Gasteiger partial charge on any atom is -0.397 e. The zero-order chi connectivity index (χ0) is 14.0. The van der Waals surface area contributed by atoms with Crippen LogP contribution in [0.3, 0.4) is 0 Å². The van der Waals surface area contributed by atoms with Gasteiger partial charge in [-0.05, 0) is 56.5 Å². The van der Waals surface area contributed by atoms with Crippen LogP contribution in [0.25, 0.3) is 0 Å². The summed E-state index contributed by atoms with van der Waals surface area (Å²) in [6, 6.07) is 8.23. The predicted molar refractivity (Wildman–Crippen MR) is 81.4 cm³/mol. The molecule has 0 fully saturated rings. The second-order valence-electron chi connectivity index (χ2n) is 5.10. The lowest BCUT2D eigenvalue weighted by atomic mass is 10.00. The summed E-state index contributed by atoms with van der Waals surface area (Å²) in [5.74, 6) is 0.867. The second-order valence-corrected chi connectivity index (χ2v) is 5.10. The van der Waals surface area contributed by atoms with Crippen LogP contribution in [-0.4, -0.2) is 4.98 Å². The zero-order valence-electron chi connectivity index (χ0n) is 12.0. The minimum absolute atomic E-state index is 0.730. The van der Waals surface area contributed by atoms with E-state index in [1.54, 1.807) is 0 Å². The highest BCUT2D eigenvalue weighted by Gasteiger charge is 2.04. The molecular weight excluding hydrogens is 234 g/mol. The van der Waals surface area contributed by atoms with Crippen molar-refractivity contribution in [1.82, 2.24) is 4.98 Å². The Bertz CT molecular complexity index is 580. The number of aryl methyl sites for hydroxylation is 4. The maximum atomic E-state index is 5.77. The standard InChI is InChI=1S/C16H21N3/c1-10-7-11(2)14(12(3)8-10)9-18-16-6-5-15(17)13(4)19-16/h5-8H,9,17H2,1-4H3,(H,18,19). The van der Waals surface area contributed by atoms with Crippen LogP contribution in [0, 0.1) is 27.7 Å². The van der Waals surface area contributed by atoms with Crippen LogP contribution in [-0.2, 0) is 6.54 Å². The number of hydrogen-bond acceptors (Lipinski definition) is 3. The SMILES string of the molecule is Cc1cc(C)c(CNc2ccc(N)c(C)n2)c(C)c1. The van der Waals surface area contributed by atoms with Crippen molar-refractivity contribution in [3.63, 3.8) is 0 Å². The number of nitrogens with one attached hydrogen (secondary N) is 1. The van der Waals surface area contributed by atoms with E-state index < -0.39 is 0 Å². The fourth-order valence-electron chi connectivity index (χ4n) is 2.34. The lowest BCUT2D eigenvalue weighted by molar-refractivity contribution is 1.05. The van der Waals surface area contributed by atoms with Crippen LogP contribution in [0.1, 0.15) is 27.9 Å². The van der Waals surface area contributed by atoms with Gasteiger partial charge in [0.2, 0.25) is 0 Å². The molecule has 2 rings (SSSR count). The molecular formula is C16H21N3. The largest absolute Gasteiger partial charge is 0.397 e. The van der Waals surface area contributed by atoms with Gasteiger partial charge in [0, 0.05) is 6.54 Å². The summed E-state index contributed by atoms with van der Waals surface area (Å²) in [4.78, 5) is 4.43. The molecule has 1 aromatic heterocycles. The van der Waals surface area contributed by atoms with Gasteiger partial charge in [0.25, 0.3) is 0 Å². The van der Waals surface area contributed by atoms with E-state index in [2.05, 4.69) is 43.2 Å². The highest BCUT2D eigenvalue weighted by molar-refractivity contribution is 5.50. The highest BCUT2D eigenvalue weighted by atomic mass is 15.0. The summed E-state index contributed by atoms with van der Waals surface area (Å²) in [5, 5.41) is 3.36. The number of pyridine rings is 1. The Morgan fingerprint density at radius 2 is 1.68 bits per heavy atom. The molecule has 3 heteroatoms. The molecule has 0 aliphatic rings. The maximum absolute atomic E-state index is 5.77. The monoisotopic (exact) mass is 255 g/mol. The first-order chi connectivity index (χ1) is 8.97. The molecule has 0 aliphatic heterocycles. The van der Waals surface area contributed by atoms with Gasteiger partial charge in [-0.3, -0.25) is 0 Å². The molecule has 0 saturated heterocycles. The molecule has 0 radical (unpaired) electrons. The van der Waals surface area contributed by atoms with Crippen LogP contribution < -0.4 is 11.1 Å². The number of benzene rings is 1. The quantitative estimate of drug-likeness (QED) is 0.882. The number of hydrogen-bond donors (Lipinski definition) is 2. The third-order valence-electron chi connectivity index (χ3n) is 3.41. The number of anilines is 2. The van der Waals surface area contributed by atoms with E-state index >= 15 is 0 Å². The van der Waals surface area contributed by atoms with Gasteiger partial charge in [-0.2, -0.15) is 0 Å². The molecule has 0 spiro atoms. The van der Waals surface area contributed by atoms with E-state index in [0.29, 0.717) is 0 Å². The fourth-order valence-corrected chi connectivity index (χ4v) is 2.34. The van der Waals surface area contributed by atoms with E-state index in [1.165, 1.54) is 22.3 Å². The predicted octanol–water partition coefficient (Wildman–Crippen LogP) is 3.51. The molecule has 0 saturated carbocycles. The Morgan fingerprint density at radius 1 is 1.05 bits per heavy atom. The Hall–Kier alpha value is -2.03. The van der Waals surface area contributed by atoms with E-state index in [4.69, 9.17) is 5.73 Å². The molecule has 0 unspecified atom stereocenters. The second kappa shape index (κ2) is 5.31. The van der Waals surface area contributed by atoms with Crippen LogP contribution in [0.4, 0.5) is 11.5 Å². The average Bonchev–Trinajstić information content (AvgIpc) is 2.32. The average molecular weight is 255 g/mol. The van der Waals surface area contributed by atoms with Gasteiger partial charge in [0.1, 0.15) is 5.82 Å². The molecule has 3 N–H and O–H groups in total. The van der Waals surface area contributed by atoms with Gasteiger partial charge in [-0.1, -0.05) is 17.7 Å². The molecule has 2 aromatic rings. The van der Waals surface area contributed by atoms with Crippen molar-refractivity contribution in [2.45, 2.75) is 34.2 Å². The smallest absolute Gasteiger partial charge is 0.126 e. The van der Waals surface area contributed by atoms with Gasteiger partial charge in [0.15, 0.2) is 0 Å². The summed E-state index contributed by atoms with van der Waals surface area (Å²) in [5.41, 5.74) is 12.6. The highest BCUT2D eigenvalue weighted by Crippen LogP contribution is 2.18. The summed E-state index contributed by atoms with van der Waals surface area (Å²) < 4.78 is 0. The van der Waals surface area contributed by atoms with E-state index in [-0.39, 0.29) is 0 Å². The molecule has 19 heavy (non-hydrogen) atoms. The van der Waals surface area contributed by atoms with Crippen molar-refractivity contribution in [2.24, 2.45) is 0 Å². The molecule has 0 amide bonds. The topological polar surface area (TPSA) is 50.9 Å². The zero-order valence-corrected chi connectivity index (χ0v) is 12.0. The van der Waals surface area contributed by atoms with Crippen LogP contribution >= 0.6 is 0 Å². The van der Waals surface area contributed by atoms with Crippen LogP contribution in [0.5, 0.6) is 0 Å². The molecule has 1 aromatic carbocycles. The van der Waals surface area contributed by atoms with Crippen molar-refractivity contribution in [3.8, 4) is 0 Å². The number of nitrogens with zero attached hydrogens (tertiary/aromatic N) is 1. The normalized spacial score (nSPS) is 10.5. The Morgan fingerprint density at radius 3 is 2.26 bits per heavy atom. The number of aromatic nitrogens is 1. The van der Waals surface area contributed by atoms with Gasteiger partial charge in [0.05, 0.1) is 11.4 Å². The van der Waals surface area contributed by atoms with Crippen molar-refractivity contribution < 1.29 is 0 Å². The molecule has 1 heterocycles. The van der Waals surface area contributed by atoms with Crippen molar-refractivity contribution in [1.29, 1.82) is 0 Å². The Balaban J connectivity index is 2.16. The molecule has 100 valence electrons. The summed E-state index contributed by atoms with van der Waals surface area (Å²) >= 11 is 0. The number of rotatable bonds is 3. The summed E-state index contributed by atoms with van der Waals surface area (Å²) in [7, 11) is 0. The molecule has 0 atom stereocenters. The minimum atomic E-state index is 0.730. The fraction of sp³-hybridized carbons (Fsp3) is 0.312. The molecule has 0 bridgehead atoms. The first kappa shape index (κ1) is 13.4. The van der Waals surface area contributed by atoms with Crippen molar-refractivity contribution >= 4 is 11.5 Å². The summed E-state index contributed by atoms with van der Waals surface area (Å²) in [6.45, 7) is 9.14. The summed E-state index contributed by atoms with van der Waals surface area (Å²) in [6.07, 6.45) is 0. The van der Waals surface area contributed by atoms with E-state index in [0.717, 1.165) is 23.7 Å². The van der Waals surface area contributed by atoms with Gasteiger partial charge >= 0.3 is 0 Å². The van der Waals surface area contributed by atoms with Gasteiger partial charge in [-0.15, -0.1) is 0 Å². The first-order valence-electron chi connectivity index (χ1n) is 6.51. The van der Waals surface area contributed by atoms with E-state index in [1.807, 2.05) is 19.1 Å². The van der Waals surface area contributed by atoms with Gasteiger partial charge < -0.3 is 11.1 Å². The lowest BCUT2D eigenvalue weighted by Gasteiger charge is -2.13. The third kappa shape index (κ3) is 3.05. The molecule has 0 aliphatic carbocycles. The maximum Gasteiger partial charge on any atom is 0.126 e. The van der Waals surface area contributed by atoms with Crippen molar-refractivity contribution in [2.75, 3.05) is 11.1 Å². The van der Waals surface area contributed by atoms with E-state index in [9.17, 15) is 0 Å². The Labute approximate surface area is 114 Å². The van der Waals surface area contributed by atoms with Gasteiger partial charge in [-0.25, -0.2) is 4.98 Å². The van der Waals surface area contributed by atoms with Crippen LogP contribution in [0.2, 0.25) is 0 Å². The van der Waals surface area contributed by atoms with Crippen molar-refractivity contribution in [3.05, 3.63) is 52.2 Å². The Kier molecular flexibility index (Phi) is 3.74. The number of nitrogen functional groups attached to an aromatic ring is 1. The van der Waals surface area contributed by atoms with Crippen LogP contribution in [0.15, 0.2) is 24.3 Å². The first-order valence-corrected chi connectivity index (χ1v) is 6.51. The number of nitrogens with two attached hydrogens (primary N) is 1.